The van der Waals surface area contributed by atoms with Gasteiger partial charge in [-0.15, -0.1) is 0 Å². The standard InChI is InChI=1S/C20H20O2/c1-15-3-7-17(8-4-15)19-11-13-20(14-12-19,22-21-19)18-9-5-16(2)6-10-18/h3-11,13H,12,14H2,1-2H3/t19-,20+. The molecule has 0 N–H and O–H groups in total. The van der Waals surface area contributed by atoms with Gasteiger partial charge in [-0.2, -0.15) is 0 Å². The van der Waals surface area contributed by atoms with Crippen molar-refractivity contribution >= 4 is 0 Å². The molecule has 2 heteroatoms. The van der Waals surface area contributed by atoms with Crippen LogP contribution in [0.2, 0.25) is 0 Å². The molecule has 1 fully saturated rings. The summed E-state index contributed by atoms with van der Waals surface area (Å²) in [5, 5.41) is 0. The van der Waals surface area contributed by atoms with Gasteiger partial charge in [0, 0.05) is 0 Å². The van der Waals surface area contributed by atoms with Gasteiger partial charge in [-0.3, -0.25) is 0 Å². The molecule has 2 bridgehead atoms. The van der Waals surface area contributed by atoms with Crippen molar-refractivity contribution in [1.82, 2.24) is 0 Å². The van der Waals surface area contributed by atoms with E-state index in [1.165, 1.54) is 11.1 Å². The lowest BCUT2D eigenvalue weighted by atomic mass is 9.74. The molecule has 2 aliphatic heterocycles. The van der Waals surface area contributed by atoms with Crippen LogP contribution in [0.4, 0.5) is 0 Å². The Morgan fingerprint density at radius 2 is 1.00 bits per heavy atom. The lowest BCUT2D eigenvalue weighted by Crippen LogP contribution is -2.46. The summed E-state index contributed by atoms with van der Waals surface area (Å²) < 4.78 is 0. The molecule has 2 aromatic rings. The monoisotopic (exact) mass is 292 g/mol. The number of hydrogen-bond donors (Lipinski definition) is 0. The molecule has 2 nitrogen and oxygen atoms in total. The lowest BCUT2D eigenvalue weighted by Gasteiger charge is -2.47. The van der Waals surface area contributed by atoms with E-state index in [-0.39, 0.29) is 0 Å². The largest absolute Gasteiger partial charge is 0.220 e. The average molecular weight is 292 g/mol. The third kappa shape index (κ3) is 2.03. The number of rotatable bonds is 2. The van der Waals surface area contributed by atoms with Crippen LogP contribution in [-0.4, -0.2) is 0 Å². The van der Waals surface area contributed by atoms with Crippen molar-refractivity contribution in [2.75, 3.05) is 0 Å². The molecule has 5 rings (SSSR count). The maximum atomic E-state index is 5.89. The molecule has 2 aromatic carbocycles. The third-order valence-corrected chi connectivity index (χ3v) is 4.91. The van der Waals surface area contributed by atoms with E-state index in [9.17, 15) is 0 Å². The molecular weight excluding hydrogens is 272 g/mol. The zero-order valence-electron chi connectivity index (χ0n) is 13.0. The Bertz CT molecular complexity index is 639. The van der Waals surface area contributed by atoms with Gasteiger partial charge in [0.25, 0.3) is 0 Å². The zero-order chi connectivity index (χ0) is 15.2. The van der Waals surface area contributed by atoms with Crippen molar-refractivity contribution in [1.29, 1.82) is 0 Å². The first-order valence-electron chi connectivity index (χ1n) is 7.84. The fourth-order valence-corrected chi connectivity index (χ4v) is 3.34. The van der Waals surface area contributed by atoms with Gasteiger partial charge in [0.15, 0.2) is 0 Å². The van der Waals surface area contributed by atoms with Crippen LogP contribution in [0, 0.1) is 13.8 Å². The van der Waals surface area contributed by atoms with E-state index in [2.05, 4.69) is 74.5 Å². The average Bonchev–Trinajstić information content (AvgIpc) is 2.57. The van der Waals surface area contributed by atoms with Crippen LogP contribution in [0.3, 0.4) is 0 Å². The van der Waals surface area contributed by atoms with E-state index >= 15 is 0 Å². The van der Waals surface area contributed by atoms with Gasteiger partial charge < -0.3 is 0 Å². The summed E-state index contributed by atoms with van der Waals surface area (Å²) in [5.41, 5.74) is 3.97. The van der Waals surface area contributed by atoms with Crippen LogP contribution in [0.15, 0.2) is 60.7 Å². The minimum Gasteiger partial charge on any atom is -0.220 e. The summed E-state index contributed by atoms with van der Waals surface area (Å²) >= 11 is 0. The number of aryl methyl sites for hydroxylation is 2. The maximum absolute atomic E-state index is 5.89. The topological polar surface area (TPSA) is 18.5 Å². The van der Waals surface area contributed by atoms with Crippen LogP contribution in [0.1, 0.15) is 35.1 Å². The predicted octanol–water partition coefficient (Wildman–Crippen LogP) is 4.71. The van der Waals surface area contributed by atoms with Gasteiger partial charge in [-0.05, 0) is 50.0 Å². The summed E-state index contributed by atoms with van der Waals surface area (Å²) in [6.07, 6.45) is 6.20. The first-order valence-corrected chi connectivity index (χ1v) is 7.84. The molecule has 2 atom stereocenters. The Balaban J connectivity index is 1.70. The van der Waals surface area contributed by atoms with Gasteiger partial charge >= 0.3 is 0 Å². The maximum Gasteiger partial charge on any atom is 0.147 e. The second-order valence-electron chi connectivity index (χ2n) is 6.51. The summed E-state index contributed by atoms with van der Waals surface area (Å²) in [6.45, 7) is 4.19. The van der Waals surface area contributed by atoms with E-state index in [1.54, 1.807) is 0 Å². The first-order chi connectivity index (χ1) is 10.6. The molecule has 0 aromatic heterocycles. The van der Waals surface area contributed by atoms with E-state index in [4.69, 9.17) is 9.78 Å². The van der Waals surface area contributed by atoms with Crippen LogP contribution in [-0.2, 0) is 21.0 Å². The highest BCUT2D eigenvalue weighted by Crippen LogP contribution is 2.51. The molecule has 0 saturated carbocycles. The van der Waals surface area contributed by atoms with Crippen LogP contribution in [0.5, 0.6) is 0 Å². The van der Waals surface area contributed by atoms with Crippen molar-refractivity contribution < 1.29 is 9.78 Å². The van der Waals surface area contributed by atoms with E-state index < -0.39 is 11.2 Å². The fraction of sp³-hybridized carbons (Fsp3) is 0.300. The Labute approximate surface area is 131 Å². The second-order valence-corrected chi connectivity index (χ2v) is 6.51. The van der Waals surface area contributed by atoms with Crippen molar-refractivity contribution in [3.05, 3.63) is 82.9 Å². The molecule has 112 valence electrons. The lowest BCUT2D eigenvalue weighted by molar-refractivity contribution is -0.437. The molecular formula is C20H20O2. The highest BCUT2D eigenvalue weighted by molar-refractivity contribution is 5.38. The van der Waals surface area contributed by atoms with E-state index in [0.29, 0.717) is 0 Å². The summed E-state index contributed by atoms with van der Waals surface area (Å²) in [6, 6.07) is 17.0. The smallest absolute Gasteiger partial charge is 0.147 e. The van der Waals surface area contributed by atoms with Crippen molar-refractivity contribution in [3.63, 3.8) is 0 Å². The summed E-state index contributed by atoms with van der Waals surface area (Å²) in [4.78, 5) is 11.8. The summed E-state index contributed by atoms with van der Waals surface area (Å²) in [7, 11) is 0. The van der Waals surface area contributed by atoms with Gasteiger partial charge in [-0.1, -0.05) is 59.7 Å². The Morgan fingerprint density at radius 1 is 0.636 bits per heavy atom. The Hall–Kier alpha value is -1.90. The van der Waals surface area contributed by atoms with Gasteiger partial charge in [-0.25, -0.2) is 9.78 Å². The highest BCUT2D eigenvalue weighted by atomic mass is 17.2. The SMILES string of the molecule is Cc1ccc([C@@]23C=C[C@@](c4ccc(C)cc4)(CC2)OO3)cc1. The molecule has 1 aliphatic carbocycles. The van der Waals surface area contributed by atoms with E-state index in [0.717, 1.165) is 24.0 Å². The number of fused-ring (bicyclic) bond motifs is 2. The number of benzene rings is 2. The van der Waals surface area contributed by atoms with Crippen LogP contribution < -0.4 is 0 Å². The van der Waals surface area contributed by atoms with Crippen LogP contribution >= 0.6 is 0 Å². The summed E-state index contributed by atoms with van der Waals surface area (Å²) in [5.74, 6) is 0. The molecule has 0 amide bonds. The quantitative estimate of drug-likeness (QED) is 0.589. The van der Waals surface area contributed by atoms with Crippen molar-refractivity contribution in [2.24, 2.45) is 0 Å². The van der Waals surface area contributed by atoms with Crippen molar-refractivity contribution in [2.45, 2.75) is 37.9 Å². The molecule has 1 saturated heterocycles. The molecule has 3 aliphatic rings. The predicted molar refractivity (Wildman–Crippen MR) is 86.3 cm³/mol. The fourth-order valence-electron chi connectivity index (χ4n) is 3.34. The van der Waals surface area contributed by atoms with Gasteiger partial charge in [0.2, 0.25) is 0 Å². The zero-order valence-corrected chi connectivity index (χ0v) is 13.0. The van der Waals surface area contributed by atoms with Gasteiger partial charge in [0.1, 0.15) is 11.2 Å². The molecule has 0 radical (unpaired) electrons. The highest BCUT2D eigenvalue weighted by Gasteiger charge is 2.49. The van der Waals surface area contributed by atoms with E-state index in [1.807, 2.05) is 0 Å². The molecule has 22 heavy (non-hydrogen) atoms. The van der Waals surface area contributed by atoms with Crippen LogP contribution in [0.25, 0.3) is 0 Å². The molecule has 0 unspecified atom stereocenters. The van der Waals surface area contributed by atoms with Crippen molar-refractivity contribution in [3.8, 4) is 0 Å². The number of hydrogen-bond acceptors (Lipinski definition) is 2. The normalized spacial score (nSPS) is 29.7. The molecule has 2 heterocycles. The first kappa shape index (κ1) is 13.7. The minimum atomic E-state index is -0.430. The Morgan fingerprint density at radius 3 is 1.27 bits per heavy atom. The minimum absolute atomic E-state index is 0.430. The van der Waals surface area contributed by atoms with Gasteiger partial charge in [0.05, 0.1) is 0 Å². The molecule has 0 spiro atoms. The second kappa shape index (κ2) is 4.80. The Kier molecular flexibility index (Phi) is 3.00. The third-order valence-electron chi connectivity index (χ3n) is 4.91.